The Morgan fingerprint density at radius 3 is 1.60 bits per heavy atom. The van der Waals surface area contributed by atoms with E-state index in [1.54, 1.807) is 73.7 Å². The Kier molecular flexibility index (Phi) is 23.3. The number of rotatable bonds is 31. The summed E-state index contributed by atoms with van der Waals surface area (Å²) in [4.78, 5) is 68.3. The van der Waals surface area contributed by atoms with Crippen LogP contribution < -0.4 is 29.6 Å². The van der Waals surface area contributed by atoms with Crippen LogP contribution in [0.1, 0.15) is 162 Å². The maximum absolute atomic E-state index is 14.2. The molecule has 3 aromatic carbocycles. The summed E-state index contributed by atoms with van der Waals surface area (Å²) in [6, 6.07) is 12.2. The molecule has 1 saturated heterocycles. The number of nitrogens with zero attached hydrogens (tertiary/aromatic N) is 2. The molecule has 77 heavy (non-hydrogen) atoms. The van der Waals surface area contributed by atoms with Gasteiger partial charge in [0.25, 0.3) is 17.7 Å². The topological polar surface area (TPSA) is 221 Å². The van der Waals surface area contributed by atoms with E-state index in [0.717, 1.165) is 41.6 Å². The van der Waals surface area contributed by atoms with E-state index in [2.05, 4.69) is 17.6 Å². The van der Waals surface area contributed by atoms with Gasteiger partial charge in [-0.2, -0.15) is 0 Å². The molecule has 3 aromatic rings. The molecule has 0 bridgehead atoms. The standard InChI is InChI=1S/C36H56N2O6S.C22H24N2O7S/c1-5-7-8-9-10-11-12-13-14-15-16-17-18-21-26-37-36-25-20-19-22-30(36)34(39)38(35(36)40)31(28-45(4,41)42)29-23-24-32(43-3)33(27-29)44-6-2;1-5-31-19-11-14(9-10-18(19)30-3)17(12-32(4,28)29)24-21(26)15-7-6-8-16(23-13(2)25)20(15)22(24)27/h19-20,22-25,27,30-31,37H,5-18,21,26,28H2,1-4H3;6-11,17H,5,12H2,1-4H3,(H,23,25)/t30?,31?,36-;/m0./s1. The highest BCUT2D eigenvalue weighted by Crippen LogP contribution is 2.43. The number of likely N-dealkylation sites (tertiary alicyclic amines) is 1. The number of carbonyl (C=O) groups is 5. The van der Waals surface area contributed by atoms with Crippen molar-refractivity contribution in [1.29, 1.82) is 0 Å². The van der Waals surface area contributed by atoms with Gasteiger partial charge < -0.3 is 24.3 Å². The molecule has 0 spiro atoms. The van der Waals surface area contributed by atoms with Crippen LogP contribution in [0.15, 0.2) is 78.9 Å². The molecular formula is C58H80N4O13S2. The van der Waals surface area contributed by atoms with Crippen LogP contribution in [0.5, 0.6) is 23.0 Å². The van der Waals surface area contributed by atoms with Crippen LogP contribution in [0.2, 0.25) is 0 Å². The van der Waals surface area contributed by atoms with Crippen LogP contribution >= 0.6 is 0 Å². The molecule has 5 amide bonds. The molecular weight excluding hydrogens is 1020 g/mol. The minimum Gasteiger partial charge on any atom is -0.493 e. The lowest BCUT2D eigenvalue weighted by Crippen LogP contribution is -2.55. The van der Waals surface area contributed by atoms with E-state index in [4.69, 9.17) is 18.9 Å². The van der Waals surface area contributed by atoms with Crippen molar-refractivity contribution in [2.45, 2.75) is 135 Å². The van der Waals surface area contributed by atoms with Gasteiger partial charge in [-0.1, -0.05) is 133 Å². The van der Waals surface area contributed by atoms with Gasteiger partial charge in [0.2, 0.25) is 11.8 Å². The summed E-state index contributed by atoms with van der Waals surface area (Å²) >= 11 is 0. The first-order chi connectivity index (χ1) is 36.7. The molecule has 2 N–H and O–H groups in total. The van der Waals surface area contributed by atoms with Crippen molar-refractivity contribution in [3.63, 3.8) is 0 Å². The number of unbranched alkanes of at least 4 members (excludes halogenated alkanes) is 13. The third kappa shape index (κ3) is 16.5. The van der Waals surface area contributed by atoms with Crippen LogP contribution in [0, 0.1) is 5.92 Å². The monoisotopic (exact) mass is 1100 g/mol. The molecule has 0 aromatic heterocycles. The summed E-state index contributed by atoms with van der Waals surface area (Å²) in [6.07, 6.45) is 27.0. The Labute approximate surface area is 456 Å². The SMILES string of the molecule is CCCCCCCCCCCCCCCCN[C@@]12C=CC=CC1C(=O)N(C(CS(C)(=O)=O)c1ccc(OC)c(OCC)c1)C2=O.CCOc1cc(C(CS(C)(=O)=O)N2C(=O)c3cccc(NC(C)=O)c3C2=O)ccc1OC. The fraction of sp³-hybridized carbons (Fsp3) is 0.534. The lowest BCUT2D eigenvalue weighted by Gasteiger charge is -2.31. The number of anilines is 1. The Hall–Kier alpha value is -6.05. The van der Waals surface area contributed by atoms with Crippen molar-refractivity contribution in [1.82, 2.24) is 15.1 Å². The highest BCUT2D eigenvalue weighted by molar-refractivity contribution is 7.90. The first-order valence-electron chi connectivity index (χ1n) is 27.0. The third-order valence-electron chi connectivity index (χ3n) is 13.8. The van der Waals surface area contributed by atoms with E-state index in [1.165, 1.54) is 104 Å². The molecule has 0 saturated carbocycles. The van der Waals surface area contributed by atoms with Crippen molar-refractivity contribution >= 4 is 54.9 Å². The van der Waals surface area contributed by atoms with E-state index in [1.807, 2.05) is 6.92 Å². The van der Waals surface area contributed by atoms with Crippen LogP contribution in [0.4, 0.5) is 5.69 Å². The number of carbonyl (C=O) groups excluding carboxylic acids is 5. The molecule has 3 aliphatic rings. The van der Waals surface area contributed by atoms with Gasteiger partial charge in [0, 0.05) is 19.4 Å². The maximum atomic E-state index is 14.2. The molecule has 422 valence electrons. The second kappa shape index (κ2) is 29.1. The van der Waals surface area contributed by atoms with Gasteiger partial charge in [-0.15, -0.1) is 0 Å². The summed E-state index contributed by atoms with van der Waals surface area (Å²) in [7, 11) is -4.17. The van der Waals surface area contributed by atoms with E-state index < -0.39 is 84.3 Å². The van der Waals surface area contributed by atoms with Gasteiger partial charge in [0.1, 0.15) is 25.2 Å². The number of nitrogens with one attached hydrogen (secondary N) is 2. The van der Waals surface area contributed by atoms with Gasteiger partial charge in [-0.05, 0) is 74.3 Å². The highest BCUT2D eigenvalue weighted by atomic mass is 32.2. The van der Waals surface area contributed by atoms with Gasteiger partial charge in [0.05, 0.1) is 73.8 Å². The van der Waals surface area contributed by atoms with Crippen LogP contribution in [0.3, 0.4) is 0 Å². The van der Waals surface area contributed by atoms with Gasteiger partial charge in [0.15, 0.2) is 23.0 Å². The van der Waals surface area contributed by atoms with Gasteiger partial charge in [-0.3, -0.25) is 39.1 Å². The normalized spacial score (nSPS) is 17.6. The molecule has 0 radical (unpaired) electrons. The molecule has 2 heterocycles. The maximum Gasteiger partial charge on any atom is 0.264 e. The second-order valence-corrected chi connectivity index (χ2v) is 24.3. The average molecular weight is 1110 g/mol. The van der Waals surface area contributed by atoms with Crippen molar-refractivity contribution in [3.05, 3.63) is 101 Å². The first-order valence-corrected chi connectivity index (χ1v) is 31.1. The molecule has 17 nitrogen and oxygen atoms in total. The largest absolute Gasteiger partial charge is 0.493 e. The van der Waals surface area contributed by atoms with Gasteiger partial charge >= 0.3 is 0 Å². The Balaban J connectivity index is 0.000000300. The van der Waals surface area contributed by atoms with E-state index >= 15 is 0 Å². The fourth-order valence-electron chi connectivity index (χ4n) is 10.2. The number of hydrogen-bond acceptors (Lipinski definition) is 14. The highest BCUT2D eigenvalue weighted by Gasteiger charge is 2.59. The predicted octanol–water partition coefficient (Wildman–Crippen LogP) is 9.53. The van der Waals surface area contributed by atoms with Crippen LogP contribution in [0.25, 0.3) is 0 Å². The second-order valence-electron chi connectivity index (χ2n) is 19.9. The average Bonchev–Trinajstić information content (AvgIpc) is 3.81. The number of allylic oxidation sites excluding steroid dienone is 2. The zero-order chi connectivity index (χ0) is 56.3. The zero-order valence-electron chi connectivity index (χ0n) is 46.2. The molecule has 1 fully saturated rings. The molecule has 19 heteroatoms. The Bertz CT molecular complexity index is 2830. The van der Waals surface area contributed by atoms with E-state index in [9.17, 15) is 40.8 Å². The molecule has 2 aliphatic heterocycles. The number of benzene rings is 3. The van der Waals surface area contributed by atoms with E-state index in [0.29, 0.717) is 53.9 Å². The number of hydrogen-bond donors (Lipinski definition) is 2. The first kappa shape index (κ1) is 61.8. The zero-order valence-corrected chi connectivity index (χ0v) is 47.8. The lowest BCUT2D eigenvalue weighted by atomic mass is 9.82. The number of imide groups is 2. The summed E-state index contributed by atoms with van der Waals surface area (Å²) in [5.74, 6) is -2.45. The molecule has 6 rings (SSSR count). The molecule has 1 aliphatic carbocycles. The summed E-state index contributed by atoms with van der Waals surface area (Å²) in [6.45, 7) is 8.47. The number of ether oxygens (including phenoxy) is 4. The minimum absolute atomic E-state index is 0.0322. The Morgan fingerprint density at radius 1 is 0.636 bits per heavy atom. The number of fused-ring (bicyclic) bond motifs is 2. The van der Waals surface area contributed by atoms with Crippen molar-refractivity contribution in [2.24, 2.45) is 5.92 Å². The number of amides is 5. The third-order valence-corrected chi connectivity index (χ3v) is 15.7. The fourth-order valence-corrected chi connectivity index (χ4v) is 12.0. The van der Waals surface area contributed by atoms with Gasteiger partial charge in [-0.25, -0.2) is 16.8 Å². The minimum atomic E-state index is -3.60. The summed E-state index contributed by atoms with van der Waals surface area (Å²) in [5, 5.41) is 5.98. The Morgan fingerprint density at radius 2 is 1.13 bits per heavy atom. The quantitative estimate of drug-likeness (QED) is 0.0453. The van der Waals surface area contributed by atoms with Crippen molar-refractivity contribution < 1.29 is 59.8 Å². The predicted molar refractivity (Wildman–Crippen MR) is 299 cm³/mol. The summed E-state index contributed by atoms with van der Waals surface area (Å²) < 4.78 is 71.6. The molecule has 3 unspecified atom stereocenters. The smallest absolute Gasteiger partial charge is 0.264 e. The van der Waals surface area contributed by atoms with Crippen molar-refractivity contribution in [2.75, 3.05) is 63.3 Å². The van der Waals surface area contributed by atoms with Crippen LogP contribution in [-0.4, -0.2) is 120 Å². The summed E-state index contributed by atoms with van der Waals surface area (Å²) in [5.41, 5.74) is -0.00929. The van der Waals surface area contributed by atoms with Crippen LogP contribution in [-0.2, 0) is 34.1 Å². The number of methoxy groups -OCH3 is 2. The number of sulfone groups is 2. The van der Waals surface area contributed by atoms with E-state index in [-0.39, 0.29) is 16.8 Å². The molecule has 4 atom stereocenters. The lowest BCUT2D eigenvalue weighted by molar-refractivity contribution is -0.142. The van der Waals surface area contributed by atoms with Crippen molar-refractivity contribution in [3.8, 4) is 23.0 Å².